The predicted molar refractivity (Wildman–Crippen MR) is 76.2 cm³/mol. The molecule has 25 heavy (non-hydrogen) atoms. The van der Waals surface area contributed by atoms with Crippen molar-refractivity contribution in [2.24, 2.45) is 0 Å². The largest absolute Gasteiger partial charge is 0.477 e. The lowest BCUT2D eigenvalue weighted by atomic mass is 10.1. The lowest BCUT2D eigenvalue weighted by Gasteiger charge is -2.30. The molecule has 1 aromatic rings. The first-order valence-electron chi connectivity index (χ1n) is 7.54. The number of rotatable bonds is 2. The summed E-state index contributed by atoms with van der Waals surface area (Å²) in [5.74, 6) is -1.85. The van der Waals surface area contributed by atoms with Crippen molar-refractivity contribution in [3.05, 3.63) is 29.8 Å². The smallest absolute Gasteiger partial charge is 0.433 e. The van der Waals surface area contributed by atoms with E-state index in [1.165, 1.54) is 6.07 Å². The van der Waals surface area contributed by atoms with Crippen molar-refractivity contribution in [3.63, 3.8) is 0 Å². The van der Waals surface area contributed by atoms with E-state index in [2.05, 4.69) is 0 Å². The Morgan fingerprint density at radius 1 is 1.24 bits per heavy atom. The van der Waals surface area contributed by atoms with Crippen LogP contribution in [0.5, 0.6) is 0 Å². The number of piperazine rings is 1. The summed E-state index contributed by atoms with van der Waals surface area (Å²) in [7, 11) is 0. The maximum atomic E-state index is 13.0. The number of alkyl halides is 3. The summed E-state index contributed by atoms with van der Waals surface area (Å²) in [5, 5.41) is 9.42. The van der Waals surface area contributed by atoms with Gasteiger partial charge in [0.25, 0.3) is 5.91 Å². The van der Waals surface area contributed by atoms with Crippen LogP contribution >= 0.6 is 0 Å². The van der Waals surface area contributed by atoms with Crippen molar-refractivity contribution in [2.75, 3.05) is 24.7 Å². The molecule has 0 saturated carbocycles. The third kappa shape index (κ3) is 1.97. The molecule has 0 radical (unpaired) electrons. The minimum atomic E-state index is -4.61. The van der Waals surface area contributed by atoms with Gasteiger partial charge in [-0.25, -0.2) is 19.0 Å². The molecule has 3 fully saturated rings. The first-order valence-corrected chi connectivity index (χ1v) is 7.54. The molecule has 132 valence electrons. The number of carboxylic acids is 1. The maximum Gasteiger partial charge on any atom is 0.433 e. The summed E-state index contributed by atoms with van der Waals surface area (Å²) < 4.78 is 38.2. The van der Waals surface area contributed by atoms with Crippen molar-refractivity contribution in [1.82, 2.24) is 4.90 Å². The summed E-state index contributed by atoms with van der Waals surface area (Å²) >= 11 is 0. The summed E-state index contributed by atoms with van der Waals surface area (Å²) in [5.41, 5.74) is -1.16. The van der Waals surface area contributed by atoms with Crippen molar-refractivity contribution in [2.45, 2.75) is 18.3 Å². The number of carbonyl (C=O) groups excluding carboxylic acids is 2. The van der Waals surface area contributed by atoms with E-state index in [1.54, 1.807) is 4.90 Å². The maximum absolute atomic E-state index is 13.0. The van der Waals surface area contributed by atoms with Gasteiger partial charge in [-0.3, -0.25) is 4.79 Å². The van der Waals surface area contributed by atoms with Crippen LogP contribution in [0.4, 0.5) is 23.7 Å². The number of halogens is 3. The Morgan fingerprint density at radius 2 is 1.96 bits per heavy atom. The summed E-state index contributed by atoms with van der Waals surface area (Å²) in [6, 6.07) is 1.19. The van der Waals surface area contributed by atoms with Gasteiger partial charge in [-0.1, -0.05) is 6.07 Å². The van der Waals surface area contributed by atoms with Gasteiger partial charge in [0.05, 0.1) is 24.3 Å². The normalized spacial score (nSPS) is 33.9. The standard InChI is InChI=1S/C15H12F3N3O4/c16-15(17,18)8-2-1-3-9(4-8)20-12(22)10-5-19-6-11(13(23)24)21(10,7-19)14(20)25/h1-4,10-11H,5-7H2/p+1. The first kappa shape index (κ1) is 16.0. The van der Waals surface area contributed by atoms with Gasteiger partial charge in [-0.05, 0) is 18.2 Å². The van der Waals surface area contributed by atoms with E-state index in [0.717, 1.165) is 18.2 Å². The molecule has 3 saturated heterocycles. The number of benzene rings is 1. The van der Waals surface area contributed by atoms with Crippen LogP contribution in [0.25, 0.3) is 0 Å². The molecule has 1 spiro atoms. The zero-order valence-corrected chi connectivity index (χ0v) is 12.7. The summed E-state index contributed by atoms with van der Waals surface area (Å²) in [6.07, 6.45) is -4.61. The second-order valence-corrected chi connectivity index (χ2v) is 6.48. The molecule has 3 aliphatic heterocycles. The highest BCUT2D eigenvalue weighted by Gasteiger charge is 2.73. The molecule has 4 rings (SSSR count). The Balaban J connectivity index is 1.78. The second kappa shape index (κ2) is 4.79. The van der Waals surface area contributed by atoms with Crippen molar-refractivity contribution < 1.29 is 37.1 Å². The van der Waals surface area contributed by atoms with Gasteiger partial charge in [0.1, 0.15) is 6.67 Å². The number of urea groups is 1. The number of aliphatic carboxylic acids is 1. The van der Waals surface area contributed by atoms with Gasteiger partial charge in [-0.15, -0.1) is 0 Å². The van der Waals surface area contributed by atoms with E-state index in [1.807, 2.05) is 0 Å². The number of imide groups is 1. The molecule has 0 aliphatic carbocycles. The van der Waals surface area contributed by atoms with Gasteiger partial charge < -0.3 is 5.11 Å². The number of anilines is 1. The quantitative estimate of drug-likeness (QED) is 0.634. The number of carbonyl (C=O) groups is 3. The van der Waals surface area contributed by atoms with Crippen molar-refractivity contribution in [3.8, 4) is 0 Å². The van der Waals surface area contributed by atoms with Crippen LogP contribution in [-0.4, -0.2) is 64.2 Å². The molecule has 3 amide bonds. The average Bonchev–Trinajstić information content (AvgIpc) is 3.16. The molecule has 1 aromatic carbocycles. The molecule has 2 bridgehead atoms. The molecular formula is C15H13F3N3O4+. The SMILES string of the molecule is O=C(O)C1C[N@]2CC3C(=O)N(c4cccc(C(F)(F)F)c4)C(=O)[N+]13C2. The van der Waals surface area contributed by atoms with Crippen LogP contribution in [0, 0.1) is 0 Å². The van der Waals surface area contributed by atoms with Crippen LogP contribution in [0.1, 0.15) is 5.56 Å². The highest BCUT2D eigenvalue weighted by Crippen LogP contribution is 2.44. The van der Waals surface area contributed by atoms with Crippen molar-refractivity contribution in [1.29, 1.82) is 0 Å². The van der Waals surface area contributed by atoms with E-state index in [0.29, 0.717) is 4.90 Å². The van der Waals surface area contributed by atoms with Crippen LogP contribution in [0.3, 0.4) is 0 Å². The number of quaternary nitrogens is 1. The number of carboxylic acid groups (broad SMARTS) is 1. The Labute approximate surface area is 139 Å². The lowest BCUT2D eigenvalue weighted by Crippen LogP contribution is -2.62. The fraction of sp³-hybridized carbons (Fsp3) is 0.400. The van der Waals surface area contributed by atoms with Crippen LogP contribution in [0.15, 0.2) is 24.3 Å². The Morgan fingerprint density at radius 3 is 2.60 bits per heavy atom. The minimum Gasteiger partial charge on any atom is -0.477 e. The third-order valence-electron chi connectivity index (χ3n) is 5.18. The molecule has 7 nitrogen and oxygen atoms in total. The number of fused-ring (bicyclic) bond motifs is 1. The third-order valence-corrected chi connectivity index (χ3v) is 5.18. The van der Waals surface area contributed by atoms with E-state index >= 15 is 0 Å². The van der Waals surface area contributed by atoms with Gasteiger partial charge in [0.15, 0.2) is 6.04 Å². The number of amides is 3. The first-order chi connectivity index (χ1) is 11.7. The van der Waals surface area contributed by atoms with Gasteiger partial charge in [0, 0.05) is 0 Å². The second-order valence-electron chi connectivity index (χ2n) is 6.48. The molecule has 0 aromatic heterocycles. The lowest BCUT2D eigenvalue weighted by molar-refractivity contribution is -0.853. The van der Waals surface area contributed by atoms with Gasteiger partial charge in [-0.2, -0.15) is 18.1 Å². The van der Waals surface area contributed by atoms with E-state index < -0.39 is 46.2 Å². The predicted octanol–water partition coefficient (Wildman–Crippen LogP) is 1.10. The molecule has 1 N–H and O–H groups in total. The number of hydrogen-bond acceptors (Lipinski definition) is 4. The minimum absolute atomic E-state index is 0.0850. The van der Waals surface area contributed by atoms with E-state index in [4.69, 9.17) is 0 Å². The Hall–Kier alpha value is -2.46. The summed E-state index contributed by atoms with van der Waals surface area (Å²) in [4.78, 5) is 39.6. The highest BCUT2D eigenvalue weighted by atomic mass is 19.4. The number of hydrogen-bond donors (Lipinski definition) is 1. The Kier molecular flexibility index (Phi) is 3.07. The monoisotopic (exact) mass is 356 g/mol. The molecule has 3 heterocycles. The van der Waals surface area contributed by atoms with Crippen LogP contribution < -0.4 is 4.90 Å². The van der Waals surface area contributed by atoms with E-state index in [-0.39, 0.29) is 25.4 Å². The fourth-order valence-electron chi connectivity index (χ4n) is 4.08. The average molecular weight is 356 g/mol. The zero-order valence-electron chi connectivity index (χ0n) is 12.7. The fourth-order valence-corrected chi connectivity index (χ4v) is 4.08. The molecule has 4 atom stereocenters. The van der Waals surface area contributed by atoms with Gasteiger partial charge >= 0.3 is 18.2 Å². The molecule has 10 heteroatoms. The summed E-state index contributed by atoms with van der Waals surface area (Å²) in [6.45, 7) is 0.451. The molecule has 3 aliphatic rings. The van der Waals surface area contributed by atoms with E-state index in [9.17, 15) is 32.7 Å². The van der Waals surface area contributed by atoms with Gasteiger partial charge in [0.2, 0.25) is 6.04 Å². The highest BCUT2D eigenvalue weighted by molar-refractivity contribution is 6.18. The molecular weight excluding hydrogens is 343 g/mol. The zero-order chi connectivity index (χ0) is 18.1. The van der Waals surface area contributed by atoms with Crippen LogP contribution in [-0.2, 0) is 15.8 Å². The Bertz CT molecular complexity index is 811. The van der Waals surface area contributed by atoms with Crippen LogP contribution in [0.2, 0.25) is 0 Å². The number of nitrogens with zero attached hydrogens (tertiary/aromatic N) is 3. The topological polar surface area (TPSA) is 77.9 Å². The van der Waals surface area contributed by atoms with Crippen molar-refractivity contribution >= 4 is 23.6 Å². The molecule has 3 unspecified atom stereocenters.